The van der Waals surface area contributed by atoms with Crippen LogP contribution in [0.15, 0.2) is 41.7 Å². The zero-order chi connectivity index (χ0) is 14.2. The van der Waals surface area contributed by atoms with Crippen molar-refractivity contribution in [1.82, 2.24) is 14.9 Å². The largest absolute Gasteiger partial charge is 0.472 e. The molecule has 0 aliphatic carbocycles. The maximum absolute atomic E-state index is 12.4. The van der Waals surface area contributed by atoms with Gasteiger partial charge in [0.2, 0.25) is 5.91 Å². The molecule has 6 nitrogen and oxygen atoms in total. The molecule has 2 aromatic rings. The quantitative estimate of drug-likeness (QED) is 0.853. The number of aromatic nitrogens is 2. The monoisotopic (exact) mass is 284 g/mol. The van der Waals surface area contributed by atoms with Gasteiger partial charge in [0.1, 0.15) is 6.33 Å². The molecule has 2 aliphatic heterocycles. The summed E-state index contributed by atoms with van der Waals surface area (Å²) >= 11 is 0. The van der Waals surface area contributed by atoms with Gasteiger partial charge in [-0.25, -0.2) is 9.97 Å². The number of carbonyl (C=O) groups excluding carboxylic acids is 1. The minimum atomic E-state index is 0.164. The van der Waals surface area contributed by atoms with Crippen LogP contribution in [0.5, 0.6) is 0 Å². The van der Waals surface area contributed by atoms with Crippen molar-refractivity contribution in [2.24, 2.45) is 0 Å². The van der Waals surface area contributed by atoms with E-state index in [1.54, 1.807) is 24.9 Å². The first-order chi connectivity index (χ1) is 10.3. The van der Waals surface area contributed by atoms with Crippen molar-refractivity contribution in [2.45, 2.75) is 31.5 Å². The van der Waals surface area contributed by atoms with Gasteiger partial charge in [-0.2, -0.15) is 0 Å². The van der Waals surface area contributed by atoms with Gasteiger partial charge in [-0.3, -0.25) is 9.69 Å². The predicted molar refractivity (Wildman–Crippen MR) is 75.4 cm³/mol. The molecule has 0 N–H and O–H groups in total. The number of hydrogen-bond donors (Lipinski definition) is 0. The van der Waals surface area contributed by atoms with Gasteiger partial charge in [0.05, 0.1) is 36.6 Å². The van der Waals surface area contributed by atoms with Crippen molar-refractivity contribution >= 4 is 11.6 Å². The highest BCUT2D eigenvalue weighted by atomic mass is 16.3. The molecule has 0 radical (unpaired) electrons. The van der Waals surface area contributed by atoms with Gasteiger partial charge in [0.15, 0.2) is 0 Å². The summed E-state index contributed by atoms with van der Waals surface area (Å²) in [6, 6.07) is 2.48. The zero-order valence-electron chi connectivity index (χ0n) is 11.6. The van der Waals surface area contributed by atoms with Gasteiger partial charge in [-0.1, -0.05) is 0 Å². The molecule has 0 saturated carbocycles. The highest BCUT2D eigenvalue weighted by Crippen LogP contribution is 2.36. The Bertz CT molecular complexity index is 628. The molecule has 0 bridgehead atoms. The Hall–Kier alpha value is -2.21. The number of amides is 1. The number of carbonyl (C=O) groups is 1. The van der Waals surface area contributed by atoms with Gasteiger partial charge >= 0.3 is 0 Å². The van der Waals surface area contributed by atoms with Gasteiger partial charge in [0.25, 0.3) is 0 Å². The number of anilines is 1. The van der Waals surface area contributed by atoms with Crippen LogP contribution in [0.4, 0.5) is 5.69 Å². The molecule has 21 heavy (non-hydrogen) atoms. The Morgan fingerprint density at radius 1 is 1.29 bits per heavy atom. The summed E-state index contributed by atoms with van der Waals surface area (Å²) in [5.74, 6) is 0.164. The standard InChI is InChI=1S/C15H16N4O2/c20-15-5-14-13(19(15)12-6-16-10-17-7-12)1-3-18(14)8-11-2-4-21-9-11/h2,4,6-7,9-10,13-14H,1,3,5,8H2/t13-,14-/m1/s1. The van der Waals surface area contributed by atoms with E-state index in [4.69, 9.17) is 4.42 Å². The molecule has 4 heterocycles. The molecule has 2 aromatic heterocycles. The molecule has 6 heteroatoms. The van der Waals surface area contributed by atoms with Crippen molar-refractivity contribution in [2.75, 3.05) is 11.4 Å². The maximum atomic E-state index is 12.4. The Morgan fingerprint density at radius 3 is 2.90 bits per heavy atom. The lowest BCUT2D eigenvalue weighted by molar-refractivity contribution is -0.117. The molecular formula is C15H16N4O2. The SMILES string of the molecule is O=C1C[C@@H]2[C@@H](CCN2Cc2ccoc2)N1c1cncnc1. The van der Waals surface area contributed by atoms with E-state index in [0.717, 1.165) is 30.8 Å². The van der Waals surface area contributed by atoms with Crippen molar-refractivity contribution in [3.63, 3.8) is 0 Å². The lowest BCUT2D eigenvalue weighted by atomic mass is 10.1. The van der Waals surface area contributed by atoms with Crippen molar-refractivity contribution in [1.29, 1.82) is 0 Å². The summed E-state index contributed by atoms with van der Waals surface area (Å²) in [6.45, 7) is 1.84. The second-order valence-electron chi connectivity index (χ2n) is 5.59. The zero-order valence-corrected chi connectivity index (χ0v) is 11.6. The molecule has 108 valence electrons. The molecule has 0 spiro atoms. The van der Waals surface area contributed by atoms with E-state index in [1.807, 2.05) is 11.0 Å². The molecule has 0 aromatic carbocycles. The maximum Gasteiger partial charge on any atom is 0.229 e. The smallest absolute Gasteiger partial charge is 0.229 e. The van der Waals surface area contributed by atoms with E-state index >= 15 is 0 Å². The van der Waals surface area contributed by atoms with Crippen LogP contribution in [-0.4, -0.2) is 39.4 Å². The molecule has 1 amide bonds. The molecule has 2 saturated heterocycles. The van der Waals surface area contributed by atoms with Crippen LogP contribution in [0.3, 0.4) is 0 Å². The summed E-state index contributed by atoms with van der Waals surface area (Å²) in [5, 5.41) is 0. The second kappa shape index (κ2) is 4.96. The van der Waals surface area contributed by atoms with E-state index in [0.29, 0.717) is 6.42 Å². The number of likely N-dealkylation sites (tertiary alicyclic amines) is 1. The third-order valence-corrected chi connectivity index (χ3v) is 4.40. The minimum Gasteiger partial charge on any atom is -0.472 e. The second-order valence-corrected chi connectivity index (χ2v) is 5.59. The average Bonchev–Trinajstić information content (AvgIpc) is 3.19. The van der Waals surface area contributed by atoms with Crippen LogP contribution in [0, 0.1) is 0 Å². The molecule has 2 atom stereocenters. The summed E-state index contributed by atoms with van der Waals surface area (Å²) < 4.78 is 5.13. The Balaban J connectivity index is 1.55. The first kappa shape index (κ1) is 12.5. The first-order valence-corrected chi connectivity index (χ1v) is 7.15. The van der Waals surface area contributed by atoms with Gasteiger partial charge in [0, 0.05) is 31.1 Å². The van der Waals surface area contributed by atoms with Crippen molar-refractivity contribution in [3.8, 4) is 0 Å². The van der Waals surface area contributed by atoms with E-state index < -0.39 is 0 Å². The summed E-state index contributed by atoms with van der Waals surface area (Å²) in [5.41, 5.74) is 1.96. The van der Waals surface area contributed by atoms with Crippen molar-refractivity contribution in [3.05, 3.63) is 42.9 Å². The van der Waals surface area contributed by atoms with E-state index in [9.17, 15) is 4.79 Å². The Labute approximate surface area is 122 Å². The summed E-state index contributed by atoms with van der Waals surface area (Å²) in [4.78, 5) is 24.7. The van der Waals surface area contributed by atoms with Crippen molar-refractivity contribution < 1.29 is 9.21 Å². The van der Waals surface area contributed by atoms with Crippen LogP contribution in [0.2, 0.25) is 0 Å². The Kier molecular flexibility index (Phi) is 2.96. The Morgan fingerprint density at radius 2 is 2.14 bits per heavy atom. The van der Waals surface area contributed by atoms with Crippen LogP contribution >= 0.6 is 0 Å². The van der Waals surface area contributed by atoms with Crippen LogP contribution in [0.1, 0.15) is 18.4 Å². The first-order valence-electron chi connectivity index (χ1n) is 7.15. The van der Waals surface area contributed by atoms with Gasteiger partial charge < -0.3 is 9.32 Å². The number of furan rings is 1. The van der Waals surface area contributed by atoms with Gasteiger partial charge in [-0.05, 0) is 12.5 Å². The third kappa shape index (κ3) is 2.12. The van der Waals surface area contributed by atoms with Crippen LogP contribution in [-0.2, 0) is 11.3 Å². The molecule has 2 aliphatic rings. The number of nitrogens with zero attached hydrogens (tertiary/aromatic N) is 4. The lowest BCUT2D eigenvalue weighted by Gasteiger charge is -2.24. The minimum absolute atomic E-state index is 0.164. The van der Waals surface area contributed by atoms with E-state index in [1.165, 1.54) is 6.33 Å². The van der Waals surface area contributed by atoms with E-state index in [2.05, 4.69) is 14.9 Å². The highest BCUT2D eigenvalue weighted by molar-refractivity contribution is 5.97. The average molecular weight is 284 g/mol. The number of fused-ring (bicyclic) bond motifs is 1. The van der Waals surface area contributed by atoms with Crippen LogP contribution < -0.4 is 4.90 Å². The van der Waals surface area contributed by atoms with Gasteiger partial charge in [-0.15, -0.1) is 0 Å². The molecular weight excluding hydrogens is 268 g/mol. The fraction of sp³-hybridized carbons (Fsp3) is 0.400. The predicted octanol–water partition coefficient (Wildman–Crippen LogP) is 1.45. The number of rotatable bonds is 3. The fourth-order valence-electron chi connectivity index (χ4n) is 3.49. The van der Waals surface area contributed by atoms with E-state index in [-0.39, 0.29) is 18.0 Å². The molecule has 2 fully saturated rings. The normalized spacial score (nSPS) is 25.5. The third-order valence-electron chi connectivity index (χ3n) is 4.40. The number of hydrogen-bond acceptors (Lipinski definition) is 5. The molecule has 0 unspecified atom stereocenters. The lowest BCUT2D eigenvalue weighted by Crippen LogP contribution is -2.37. The molecule has 4 rings (SSSR count). The highest BCUT2D eigenvalue weighted by Gasteiger charge is 2.47. The summed E-state index contributed by atoms with van der Waals surface area (Å²) in [7, 11) is 0. The van der Waals surface area contributed by atoms with Crippen LogP contribution in [0.25, 0.3) is 0 Å². The fourth-order valence-corrected chi connectivity index (χ4v) is 3.49. The summed E-state index contributed by atoms with van der Waals surface area (Å²) in [6.07, 6.45) is 9.93. The topological polar surface area (TPSA) is 62.5 Å².